The molecule has 3 heterocycles. The third-order valence-corrected chi connectivity index (χ3v) is 6.13. The largest absolute Gasteiger partial charge is 0.387 e. The molecule has 2 aliphatic rings. The molecule has 1 saturated heterocycles. The molecule has 0 amide bonds. The minimum atomic E-state index is -0.478. The van der Waals surface area contributed by atoms with Gasteiger partial charge >= 0.3 is 0 Å². The summed E-state index contributed by atoms with van der Waals surface area (Å²) in [4.78, 5) is 6.56. The Kier molecular flexibility index (Phi) is 4.12. The standard InChI is InChI=1S/C22H24FN3O/c23-17-3-5-18(6-4-17)25-11-9-16(10-12-25)22(27)21-20(15-1-2-15)8-7-19-13-24-14-26(19)21/h3-8,13-16,22,27H,1-2,9-12H2. The fraction of sp³-hybridized carbons (Fsp3) is 0.409. The highest BCUT2D eigenvalue weighted by Gasteiger charge is 2.34. The van der Waals surface area contributed by atoms with Gasteiger partial charge in [-0.1, -0.05) is 6.07 Å². The van der Waals surface area contributed by atoms with E-state index in [9.17, 15) is 9.50 Å². The molecule has 0 radical (unpaired) electrons. The van der Waals surface area contributed by atoms with Crippen LogP contribution in [0.2, 0.25) is 0 Å². The molecule has 5 rings (SSSR count). The van der Waals surface area contributed by atoms with E-state index < -0.39 is 6.10 Å². The van der Waals surface area contributed by atoms with Gasteiger partial charge in [0, 0.05) is 18.8 Å². The van der Waals surface area contributed by atoms with E-state index >= 15 is 0 Å². The monoisotopic (exact) mass is 365 g/mol. The molecule has 2 aromatic heterocycles. The van der Waals surface area contributed by atoms with Crippen molar-refractivity contribution in [1.29, 1.82) is 0 Å². The van der Waals surface area contributed by atoms with Crippen LogP contribution in [0.15, 0.2) is 48.9 Å². The Labute approximate surface area is 158 Å². The summed E-state index contributed by atoms with van der Waals surface area (Å²) in [5.41, 5.74) is 4.42. The third-order valence-electron chi connectivity index (χ3n) is 6.13. The number of fused-ring (bicyclic) bond motifs is 1. The van der Waals surface area contributed by atoms with E-state index in [4.69, 9.17) is 0 Å². The number of aliphatic hydroxyl groups excluding tert-OH is 1. The maximum Gasteiger partial charge on any atom is 0.123 e. The van der Waals surface area contributed by atoms with Crippen molar-refractivity contribution in [2.24, 2.45) is 5.92 Å². The lowest BCUT2D eigenvalue weighted by molar-refractivity contribution is 0.0871. The van der Waals surface area contributed by atoms with Crippen molar-refractivity contribution in [2.45, 2.75) is 37.7 Å². The van der Waals surface area contributed by atoms with Crippen LogP contribution in [-0.2, 0) is 0 Å². The summed E-state index contributed by atoms with van der Waals surface area (Å²) in [6.45, 7) is 1.76. The van der Waals surface area contributed by atoms with Gasteiger partial charge in [-0.2, -0.15) is 0 Å². The van der Waals surface area contributed by atoms with Crippen LogP contribution in [0.4, 0.5) is 10.1 Å². The van der Waals surface area contributed by atoms with Crippen molar-refractivity contribution in [1.82, 2.24) is 9.38 Å². The number of aliphatic hydroxyl groups is 1. The fourth-order valence-electron chi connectivity index (χ4n) is 4.43. The lowest BCUT2D eigenvalue weighted by atomic mass is 9.87. The SMILES string of the molecule is OC(c1c(C2CC2)ccc2cncn12)C1CCN(c2ccc(F)cc2)CC1. The Hall–Kier alpha value is -2.40. The van der Waals surface area contributed by atoms with Gasteiger partial charge in [0.25, 0.3) is 0 Å². The molecule has 1 N–H and O–H groups in total. The highest BCUT2D eigenvalue weighted by atomic mass is 19.1. The van der Waals surface area contributed by atoms with Gasteiger partial charge in [-0.15, -0.1) is 0 Å². The van der Waals surface area contributed by atoms with Crippen LogP contribution in [0.25, 0.3) is 5.52 Å². The normalized spacial score (nSPS) is 19.6. The van der Waals surface area contributed by atoms with Gasteiger partial charge in [0.2, 0.25) is 0 Å². The number of nitrogens with zero attached hydrogens (tertiary/aromatic N) is 3. The number of anilines is 1. The zero-order valence-corrected chi connectivity index (χ0v) is 15.3. The first-order valence-corrected chi connectivity index (χ1v) is 9.84. The Bertz CT molecular complexity index is 940. The number of hydrogen-bond donors (Lipinski definition) is 1. The minimum absolute atomic E-state index is 0.204. The maximum atomic E-state index is 13.2. The average molecular weight is 365 g/mol. The molecule has 1 aliphatic carbocycles. The summed E-state index contributed by atoms with van der Waals surface area (Å²) in [5.74, 6) is 0.609. The molecule has 140 valence electrons. The quantitative estimate of drug-likeness (QED) is 0.749. The molecule has 5 heteroatoms. The first-order chi connectivity index (χ1) is 13.2. The summed E-state index contributed by atoms with van der Waals surface area (Å²) in [7, 11) is 0. The number of halogens is 1. The van der Waals surface area contributed by atoms with Gasteiger partial charge in [-0.3, -0.25) is 0 Å². The highest BCUT2D eigenvalue weighted by molar-refractivity contribution is 5.50. The van der Waals surface area contributed by atoms with Gasteiger partial charge in [-0.05, 0) is 73.4 Å². The summed E-state index contributed by atoms with van der Waals surface area (Å²) >= 11 is 0. The summed E-state index contributed by atoms with van der Waals surface area (Å²) < 4.78 is 15.2. The number of rotatable bonds is 4. The van der Waals surface area contributed by atoms with Crippen LogP contribution in [0.5, 0.6) is 0 Å². The average Bonchev–Trinajstić information content (AvgIpc) is 3.44. The second-order valence-electron chi connectivity index (χ2n) is 7.88. The van der Waals surface area contributed by atoms with Gasteiger partial charge < -0.3 is 14.4 Å². The van der Waals surface area contributed by atoms with Gasteiger partial charge in [0.1, 0.15) is 5.82 Å². The van der Waals surface area contributed by atoms with E-state index in [0.29, 0.717) is 5.92 Å². The molecule has 4 nitrogen and oxygen atoms in total. The minimum Gasteiger partial charge on any atom is -0.387 e. The molecule has 3 aromatic rings. The predicted molar refractivity (Wildman–Crippen MR) is 103 cm³/mol. The van der Waals surface area contributed by atoms with Crippen molar-refractivity contribution in [3.63, 3.8) is 0 Å². The zero-order valence-electron chi connectivity index (χ0n) is 15.3. The maximum absolute atomic E-state index is 13.2. The second kappa shape index (κ2) is 6.64. The van der Waals surface area contributed by atoms with Crippen molar-refractivity contribution in [2.75, 3.05) is 18.0 Å². The Morgan fingerprint density at radius 1 is 1.00 bits per heavy atom. The first kappa shape index (κ1) is 16.8. The van der Waals surface area contributed by atoms with Crippen molar-refractivity contribution >= 4 is 11.2 Å². The number of pyridine rings is 1. The second-order valence-corrected chi connectivity index (χ2v) is 7.88. The van der Waals surface area contributed by atoms with Crippen molar-refractivity contribution < 1.29 is 9.50 Å². The Balaban J connectivity index is 1.37. The number of imidazole rings is 1. The molecule has 0 bridgehead atoms. The number of aromatic nitrogens is 2. The number of benzene rings is 1. The van der Waals surface area contributed by atoms with Crippen LogP contribution in [0, 0.1) is 11.7 Å². The van der Waals surface area contributed by atoms with E-state index in [2.05, 4.69) is 26.4 Å². The Morgan fingerprint density at radius 3 is 2.44 bits per heavy atom. The van der Waals surface area contributed by atoms with E-state index in [1.54, 1.807) is 0 Å². The molecular formula is C22H24FN3O. The molecule has 1 unspecified atom stereocenters. The van der Waals surface area contributed by atoms with Crippen molar-refractivity contribution in [3.05, 3.63) is 66.0 Å². The van der Waals surface area contributed by atoms with Gasteiger partial charge in [-0.25, -0.2) is 9.37 Å². The molecule has 0 spiro atoms. The van der Waals surface area contributed by atoms with E-state index in [0.717, 1.165) is 42.8 Å². The van der Waals surface area contributed by atoms with Gasteiger partial charge in [0.05, 0.1) is 29.8 Å². The fourth-order valence-corrected chi connectivity index (χ4v) is 4.43. The van der Waals surface area contributed by atoms with Crippen molar-refractivity contribution in [3.8, 4) is 0 Å². The number of piperidine rings is 1. The lowest BCUT2D eigenvalue weighted by Crippen LogP contribution is -2.36. The van der Waals surface area contributed by atoms with Crippen LogP contribution < -0.4 is 4.90 Å². The Morgan fingerprint density at radius 2 is 1.74 bits per heavy atom. The van der Waals surface area contributed by atoms with E-state index in [1.807, 2.05) is 24.7 Å². The smallest absolute Gasteiger partial charge is 0.123 e. The molecule has 1 saturated carbocycles. The lowest BCUT2D eigenvalue weighted by Gasteiger charge is -2.36. The van der Waals surface area contributed by atoms with Crippen LogP contribution in [0.3, 0.4) is 0 Å². The highest BCUT2D eigenvalue weighted by Crippen LogP contribution is 2.45. The van der Waals surface area contributed by atoms with Crippen LogP contribution in [0.1, 0.15) is 49.0 Å². The molecule has 1 aliphatic heterocycles. The topological polar surface area (TPSA) is 40.8 Å². The van der Waals surface area contributed by atoms with E-state index in [1.165, 1.54) is 30.5 Å². The number of hydrogen-bond acceptors (Lipinski definition) is 3. The van der Waals surface area contributed by atoms with Gasteiger partial charge in [0.15, 0.2) is 0 Å². The third kappa shape index (κ3) is 3.10. The molecular weight excluding hydrogens is 341 g/mol. The van der Waals surface area contributed by atoms with Crippen LogP contribution >= 0.6 is 0 Å². The predicted octanol–water partition coefficient (Wildman–Crippen LogP) is 4.30. The molecule has 2 fully saturated rings. The summed E-state index contributed by atoms with van der Waals surface area (Å²) in [5, 5.41) is 11.3. The van der Waals surface area contributed by atoms with E-state index in [-0.39, 0.29) is 11.7 Å². The first-order valence-electron chi connectivity index (χ1n) is 9.84. The molecule has 1 aromatic carbocycles. The van der Waals surface area contributed by atoms with Crippen LogP contribution in [-0.4, -0.2) is 27.6 Å². The molecule has 27 heavy (non-hydrogen) atoms. The summed E-state index contributed by atoms with van der Waals surface area (Å²) in [6.07, 6.45) is 7.47. The summed E-state index contributed by atoms with van der Waals surface area (Å²) in [6, 6.07) is 11.0. The molecule has 1 atom stereocenters. The zero-order chi connectivity index (χ0) is 18.4.